The summed E-state index contributed by atoms with van der Waals surface area (Å²) in [5, 5.41) is 20.1. The van der Waals surface area contributed by atoms with Gasteiger partial charge in [-0.05, 0) is 31.7 Å². The van der Waals surface area contributed by atoms with E-state index >= 15 is 0 Å². The van der Waals surface area contributed by atoms with Gasteiger partial charge in [0.2, 0.25) is 0 Å². The first-order valence-electron chi connectivity index (χ1n) is 6.59. The first-order chi connectivity index (χ1) is 9.09. The van der Waals surface area contributed by atoms with Crippen LogP contribution < -0.4 is 5.63 Å². The molecule has 102 valence electrons. The Hall–Kier alpha value is -1.97. The van der Waals surface area contributed by atoms with Gasteiger partial charge in [0.1, 0.15) is 17.1 Å². The number of rotatable bonds is 0. The van der Waals surface area contributed by atoms with E-state index < -0.39 is 0 Å². The summed E-state index contributed by atoms with van der Waals surface area (Å²) < 4.78 is 5.22. The molecule has 0 atom stereocenters. The van der Waals surface area contributed by atoms with Gasteiger partial charge < -0.3 is 14.6 Å². The van der Waals surface area contributed by atoms with Crippen LogP contribution in [0.2, 0.25) is 0 Å². The van der Waals surface area contributed by atoms with Crippen molar-refractivity contribution in [1.29, 1.82) is 0 Å². The van der Waals surface area contributed by atoms with Crippen LogP contribution in [-0.4, -0.2) is 10.2 Å². The van der Waals surface area contributed by atoms with Crippen molar-refractivity contribution in [2.45, 2.75) is 40.0 Å². The van der Waals surface area contributed by atoms with Gasteiger partial charge in [0.05, 0.1) is 5.39 Å². The van der Waals surface area contributed by atoms with Gasteiger partial charge in [-0.25, -0.2) is 4.79 Å². The minimum absolute atomic E-state index is 0.0231. The normalized spacial score (nSPS) is 13.0. The van der Waals surface area contributed by atoms with E-state index in [2.05, 4.69) is 0 Å². The minimum atomic E-state index is -0.349. The maximum atomic E-state index is 11.8. The molecule has 1 aromatic heterocycles. The predicted octanol–water partition coefficient (Wildman–Crippen LogP) is 3.03. The number of hydrogen-bond acceptors (Lipinski definition) is 4. The first-order valence-corrected chi connectivity index (χ1v) is 6.59. The number of aryl methyl sites for hydroxylation is 2. The van der Waals surface area contributed by atoms with Crippen molar-refractivity contribution >= 4 is 11.0 Å². The highest BCUT2D eigenvalue weighted by molar-refractivity contribution is 5.91. The second kappa shape index (κ2) is 4.96. The van der Waals surface area contributed by atoms with Crippen LogP contribution in [0.3, 0.4) is 0 Å². The summed E-state index contributed by atoms with van der Waals surface area (Å²) in [7, 11) is 0. The molecule has 2 aromatic rings. The zero-order valence-corrected chi connectivity index (χ0v) is 11.4. The summed E-state index contributed by atoms with van der Waals surface area (Å²) in [6.45, 7) is 5.67. The van der Waals surface area contributed by atoms with Crippen LogP contribution in [0.4, 0.5) is 0 Å². The lowest BCUT2D eigenvalue weighted by Crippen LogP contribution is -2.07. The highest BCUT2D eigenvalue weighted by Crippen LogP contribution is 2.38. The molecule has 0 spiro atoms. The van der Waals surface area contributed by atoms with Crippen LogP contribution in [0.15, 0.2) is 15.3 Å². The molecule has 0 amide bonds. The summed E-state index contributed by atoms with van der Waals surface area (Å²) in [5.41, 5.74) is 1.98. The zero-order chi connectivity index (χ0) is 14.2. The lowest BCUT2D eigenvalue weighted by molar-refractivity contribution is 0.447. The smallest absolute Gasteiger partial charge is 0.339 e. The summed E-state index contributed by atoms with van der Waals surface area (Å²) in [5.74, 6) is -0.0823. The molecule has 0 fully saturated rings. The molecule has 0 bridgehead atoms. The molecule has 1 heterocycles. The van der Waals surface area contributed by atoms with E-state index in [1.54, 1.807) is 6.92 Å². The highest BCUT2D eigenvalue weighted by Gasteiger charge is 2.23. The Labute approximate surface area is 111 Å². The molecule has 0 saturated carbocycles. The molecule has 3 rings (SSSR count). The van der Waals surface area contributed by atoms with Crippen LogP contribution in [0, 0.1) is 6.92 Å². The van der Waals surface area contributed by atoms with Crippen LogP contribution in [-0.2, 0) is 12.8 Å². The molecule has 1 aromatic carbocycles. The van der Waals surface area contributed by atoms with Gasteiger partial charge in [0, 0.05) is 17.2 Å². The van der Waals surface area contributed by atoms with Gasteiger partial charge in [0.15, 0.2) is 0 Å². The fourth-order valence-electron chi connectivity index (χ4n) is 2.55. The third-order valence-corrected chi connectivity index (χ3v) is 3.44. The van der Waals surface area contributed by atoms with E-state index in [1.807, 2.05) is 13.8 Å². The molecule has 0 unspecified atom stereocenters. The molecule has 19 heavy (non-hydrogen) atoms. The lowest BCUT2D eigenvalue weighted by atomic mass is 10.0. The number of fused-ring (bicyclic) bond motifs is 3. The third-order valence-electron chi connectivity index (χ3n) is 3.44. The maximum Gasteiger partial charge on any atom is 0.339 e. The quantitative estimate of drug-likeness (QED) is 0.716. The Morgan fingerprint density at radius 3 is 2.42 bits per heavy atom. The number of phenolic OH excluding ortho intramolecular Hbond substituents is 2. The van der Waals surface area contributed by atoms with Gasteiger partial charge in [-0.2, -0.15) is 0 Å². The van der Waals surface area contributed by atoms with E-state index in [-0.39, 0.29) is 17.1 Å². The van der Waals surface area contributed by atoms with Gasteiger partial charge in [0.25, 0.3) is 0 Å². The Morgan fingerprint density at radius 2 is 1.74 bits per heavy atom. The molecule has 4 nitrogen and oxygen atoms in total. The monoisotopic (exact) mass is 262 g/mol. The van der Waals surface area contributed by atoms with Crippen LogP contribution in [0.1, 0.15) is 37.0 Å². The second-order valence-corrected chi connectivity index (χ2v) is 4.44. The molecular formula is C15H18O4. The maximum absolute atomic E-state index is 11.8. The summed E-state index contributed by atoms with van der Waals surface area (Å²) >= 11 is 0. The fraction of sp³-hybridized carbons (Fsp3) is 0.400. The molecule has 0 aliphatic heterocycles. The number of phenols is 2. The summed E-state index contributed by atoms with van der Waals surface area (Å²) in [6, 6.07) is 1.30. The number of benzene rings is 1. The van der Waals surface area contributed by atoms with E-state index in [9.17, 15) is 15.0 Å². The number of hydrogen-bond donors (Lipinski definition) is 2. The highest BCUT2D eigenvalue weighted by atomic mass is 16.4. The van der Waals surface area contributed by atoms with Crippen LogP contribution in [0.25, 0.3) is 11.0 Å². The Kier molecular flexibility index (Phi) is 3.51. The van der Waals surface area contributed by atoms with Gasteiger partial charge in [-0.1, -0.05) is 13.8 Å². The molecule has 0 radical (unpaired) electrons. The summed E-state index contributed by atoms with van der Waals surface area (Å²) in [6.07, 6.45) is 2.38. The number of aromatic hydroxyl groups is 2. The molecular weight excluding hydrogens is 244 g/mol. The second-order valence-electron chi connectivity index (χ2n) is 4.44. The third kappa shape index (κ3) is 1.97. The fourth-order valence-corrected chi connectivity index (χ4v) is 2.55. The van der Waals surface area contributed by atoms with E-state index in [0.717, 1.165) is 18.4 Å². The van der Waals surface area contributed by atoms with Crippen LogP contribution >= 0.6 is 0 Å². The van der Waals surface area contributed by atoms with Crippen molar-refractivity contribution in [3.8, 4) is 11.5 Å². The predicted molar refractivity (Wildman–Crippen MR) is 73.9 cm³/mol. The van der Waals surface area contributed by atoms with E-state index in [4.69, 9.17) is 4.42 Å². The van der Waals surface area contributed by atoms with Gasteiger partial charge >= 0.3 is 5.63 Å². The van der Waals surface area contributed by atoms with E-state index in [1.165, 1.54) is 6.07 Å². The Bertz CT molecular complexity index is 683. The Morgan fingerprint density at radius 1 is 1.11 bits per heavy atom. The van der Waals surface area contributed by atoms with Gasteiger partial charge in [-0.3, -0.25) is 0 Å². The van der Waals surface area contributed by atoms with Crippen molar-refractivity contribution in [1.82, 2.24) is 0 Å². The first kappa shape index (κ1) is 13.5. The van der Waals surface area contributed by atoms with Crippen molar-refractivity contribution in [3.63, 3.8) is 0 Å². The van der Waals surface area contributed by atoms with E-state index in [0.29, 0.717) is 28.5 Å². The standard InChI is InChI=1S/C13H12O4.C2H6/c1-6-9(14)5-10(15)11-7-3-2-4-8(7)13(16)17-12(6)11;1-2/h5,14-15H,2-4H2,1H3;1-2H3. The largest absolute Gasteiger partial charge is 0.507 e. The molecule has 1 aliphatic rings. The topological polar surface area (TPSA) is 70.7 Å². The molecule has 4 heteroatoms. The lowest BCUT2D eigenvalue weighted by Gasteiger charge is -2.09. The molecule has 1 aliphatic carbocycles. The van der Waals surface area contributed by atoms with Crippen LogP contribution in [0.5, 0.6) is 11.5 Å². The minimum Gasteiger partial charge on any atom is -0.507 e. The average Bonchev–Trinajstić information content (AvgIpc) is 2.88. The molecule has 0 saturated heterocycles. The SMILES string of the molecule is CC.Cc1c(O)cc(O)c2c3c(c(=O)oc12)CCC3. The Balaban J connectivity index is 0.000000637. The average molecular weight is 262 g/mol. The molecule has 2 N–H and O–H groups in total. The van der Waals surface area contributed by atoms with Crippen molar-refractivity contribution < 1.29 is 14.6 Å². The zero-order valence-electron chi connectivity index (χ0n) is 11.4. The van der Waals surface area contributed by atoms with Crippen molar-refractivity contribution in [3.05, 3.63) is 33.2 Å². The van der Waals surface area contributed by atoms with Crippen molar-refractivity contribution in [2.24, 2.45) is 0 Å². The summed E-state index contributed by atoms with van der Waals surface area (Å²) in [4.78, 5) is 11.8. The van der Waals surface area contributed by atoms with Crippen molar-refractivity contribution in [2.75, 3.05) is 0 Å². The van der Waals surface area contributed by atoms with Gasteiger partial charge in [-0.15, -0.1) is 0 Å².